The monoisotopic (exact) mass is 275 g/mol. The Morgan fingerprint density at radius 2 is 2.10 bits per heavy atom. The number of rotatable bonds is 7. The molecule has 1 aromatic rings. The zero-order chi connectivity index (χ0) is 14.4. The van der Waals surface area contributed by atoms with Crippen molar-refractivity contribution in [3.63, 3.8) is 0 Å². The molecule has 20 heavy (non-hydrogen) atoms. The standard InChI is InChI=1S/C18H29NO/c1-3-5-8-14(4-2)17(19)13-18-16-10-7-6-9-15(16)11-12-20-18/h6-7,9-10,14,17-18H,3-5,8,11-13,19H2,1-2H3. The molecule has 3 unspecified atom stereocenters. The van der Waals surface area contributed by atoms with Gasteiger partial charge < -0.3 is 10.5 Å². The highest BCUT2D eigenvalue weighted by Crippen LogP contribution is 2.32. The first kappa shape index (κ1) is 15.5. The molecule has 0 aromatic heterocycles. The van der Waals surface area contributed by atoms with E-state index in [0.29, 0.717) is 5.92 Å². The van der Waals surface area contributed by atoms with Gasteiger partial charge in [-0.3, -0.25) is 0 Å². The molecule has 3 atom stereocenters. The van der Waals surface area contributed by atoms with E-state index in [2.05, 4.69) is 38.1 Å². The number of hydrogen-bond donors (Lipinski definition) is 1. The molecule has 112 valence electrons. The van der Waals surface area contributed by atoms with Gasteiger partial charge in [0.1, 0.15) is 0 Å². The smallest absolute Gasteiger partial charge is 0.0842 e. The summed E-state index contributed by atoms with van der Waals surface area (Å²) in [6.45, 7) is 5.34. The van der Waals surface area contributed by atoms with Crippen LogP contribution in [0.2, 0.25) is 0 Å². The second-order valence-corrected chi connectivity index (χ2v) is 6.02. The molecule has 0 spiro atoms. The van der Waals surface area contributed by atoms with Crippen molar-refractivity contribution in [1.82, 2.24) is 0 Å². The van der Waals surface area contributed by atoms with Gasteiger partial charge in [0.15, 0.2) is 0 Å². The molecule has 0 saturated heterocycles. The Bertz CT molecular complexity index is 404. The normalized spacial score (nSPS) is 21.2. The van der Waals surface area contributed by atoms with Crippen LogP contribution in [0, 0.1) is 5.92 Å². The summed E-state index contributed by atoms with van der Waals surface area (Å²) in [6.07, 6.45) is 7.16. The van der Waals surface area contributed by atoms with Crippen molar-refractivity contribution in [2.75, 3.05) is 6.61 Å². The Hall–Kier alpha value is -0.860. The third kappa shape index (κ3) is 3.83. The lowest BCUT2D eigenvalue weighted by Gasteiger charge is -2.31. The average molecular weight is 275 g/mol. The van der Waals surface area contributed by atoms with Crippen LogP contribution in [-0.2, 0) is 11.2 Å². The van der Waals surface area contributed by atoms with Crippen molar-refractivity contribution in [2.45, 2.75) is 64.5 Å². The van der Waals surface area contributed by atoms with E-state index in [1.54, 1.807) is 0 Å². The molecule has 0 fully saturated rings. The Balaban J connectivity index is 1.99. The van der Waals surface area contributed by atoms with Crippen LogP contribution in [0.4, 0.5) is 0 Å². The third-order valence-electron chi connectivity index (χ3n) is 4.64. The number of nitrogens with two attached hydrogens (primary N) is 1. The van der Waals surface area contributed by atoms with Gasteiger partial charge in [0.05, 0.1) is 12.7 Å². The summed E-state index contributed by atoms with van der Waals surface area (Å²) in [4.78, 5) is 0. The lowest BCUT2D eigenvalue weighted by Crippen LogP contribution is -2.33. The molecule has 1 aliphatic rings. The maximum atomic E-state index is 6.48. The summed E-state index contributed by atoms with van der Waals surface area (Å²) in [7, 11) is 0. The maximum absolute atomic E-state index is 6.48. The quantitative estimate of drug-likeness (QED) is 0.808. The van der Waals surface area contributed by atoms with Crippen molar-refractivity contribution in [3.05, 3.63) is 35.4 Å². The van der Waals surface area contributed by atoms with Crippen LogP contribution in [0.1, 0.15) is 63.2 Å². The van der Waals surface area contributed by atoms with Gasteiger partial charge in [-0.25, -0.2) is 0 Å². The van der Waals surface area contributed by atoms with E-state index in [1.165, 1.54) is 36.8 Å². The molecule has 1 aromatic carbocycles. The van der Waals surface area contributed by atoms with Crippen molar-refractivity contribution in [2.24, 2.45) is 11.7 Å². The van der Waals surface area contributed by atoms with Gasteiger partial charge in [0, 0.05) is 6.04 Å². The van der Waals surface area contributed by atoms with Gasteiger partial charge in [0.2, 0.25) is 0 Å². The predicted octanol–water partition coefficient (Wildman–Crippen LogP) is 4.23. The van der Waals surface area contributed by atoms with Crippen LogP contribution in [0.5, 0.6) is 0 Å². The van der Waals surface area contributed by atoms with E-state index in [1.807, 2.05) is 0 Å². The number of hydrogen-bond acceptors (Lipinski definition) is 2. The highest BCUT2D eigenvalue weighted by molar-refractivity contribution is 5.31. The SMILES string of the molecule is CCCCC(CC)C(N)CC1OCCc2ccccc21. The van der Waals surface area contributed by atoms with Crippen molar-refractivity contribution >= 4 is 0 Å². The van der Waals surface area contributed by atoms with Crippen LogP contribution in [0.15, 0.2) is 24.3 Å². The Kier molecular flexibility index (Phi) is 6.06. The fourth-order valence-electron chi connectivity index (χ4n) is 3.30. The second-order valence-electron chi connectivity index (χ2n) is 6.02. The van der Waals surface area contributed by atoms with Crippen molar-refractivity contribution < 1.29 is 4.74 Å². The number of benzene rings is 1. The first-order valence-electron chi connectivity index (χ1n) is 8.21. The van der Waals surface area contributed by atoms with Gasteiger partial charge in [-0.2, -0.15) is 0 Å². The second kappa shape index (κ2) is 7.80. The summed E-state index contributed by atoms with van der Waals surface area (Å²) in [5, 5.41) is 0. The zero-order valence-corrected chi connectivity index (χ0v) is 13.0. The van der Waals surface area contributed by atoms with Crippen LogP contribution in [0.3, 0.4) is 0 Å². The number of unbranched alkanes of at least 4 members (excludes halogenated alkanes) is 1. The van der Waals surface area contributed by atoms with E-state index in [4.69, 9.17) is 10.5 Å². The van der Waals surface area contributed by atoms with E-state index in [-0.39, 0.29) is 12.1 Å². The molecule has 0 saturated carbocycles. The molecule has 1 aliphatic heterocycles. The molecule has 2 heteroatoms. The van der Waals surface area contributed by atoms with E-state index in [9.17, 15) is 0 Å². The summed E-state index contributed by atoms with van der Waals surface area (Å²) < 4.78 is 5.99. The first-order valence-corrected chi connectivity index (χ1v) is 8.21. The van der Waals surface area contributed by atoms with Gasteiger partial charge in [-0.15, -0.1) is 0 Å². The van der Waals surface area contributed by atoms with Crippen molar-refractivity contribution in [1.29, 1.82) is 0 Å². The number of ether oxygens (including phenoxy) is 1. The van der Waals surface area contributed by atoms with Gasteiger partial charge in [-0.05, 0) is 36.3 Å². The molecular formula is C18H29NO. The summed E-state index contributed by atoms with van der Waals surface area (Å²) in [5.74, 6) is 0.632. The maximum Gasteiger partial charge on any atom is 0.0842 e. The first-order chi connectivity index (χ1) is 9.76. The molecular weight excluding hydrogens is 246 g/mol. The van der Waals surface area contributed by atoms with Gasteiger partial charge in [-0.1, -0.05) is 57.4 Å². The van der Waals surface area contributed by atoms with Crippen molar-refractivity contribution in [3.8, 4) is 0 Å². The summed E-state index contributed by atoms with van der Waals surface area (Å²) in [6, 6.07) is 8.92. The fourth-order valence-corrected chi connectivity index (χ4v) is 3.30. The molecule has 2 N–H and O–H groups in total. The molecule has 1 heterocycles. The minimum Gasteiger partial charge on any atom is -0.373 e. The van der Waals surface area contributed by atoms with E-state index in [0.717, 1.165) is 19.4 Å². The van der Waals surface area contributed by atoms with Crippen LogP contribution < -0.4 is 5.73 Å². The van der Waals surface area contributed by atoms with Gasteiger partial charge >= 0.3 is 0 Å². The average Bonchev–Trinajstić information content (AvgIpc) is 2.48. The Labute approximate surface area is 123 Å². The largest absolute Gasteiger partial charge is 0.373 e. The molecule has 0 amide bonds. The zero-order valence-electron chi connectivity index (χ0n) is 13.0. The number of fused-ring (bicyclic) bond motifs is 1. The van der Waals surface area contributed by atoms with Crippen LogP contribution >= 0.6 is 0 Å². The van der Waals surface area contributed by atoms with Gasteiger partial charge in [0.25, 0.3) is 0 Å². The minimum absolute atomic E-state index is 0.200. The van der Waals surface area contributed by atoms with E-state index < -0.39 is 0 Å². The predicted molar refractivity (Wildman–Crippen MR) is 84.7 cm³/mol. The summed E-state index contributed by atoms with van der Waals surface area (Å²) in [5.41, 5.74) is 9.28. The highest BCUT2D eigenvalue weighted by atomic mass is 16.5. The molecule has 0 bridgehead atoms. The lowest BCUT2D eigenvalue weighted by molar-refractivity contribution is 0.0273. The lowest BCUT2D eigenvalue weighted by atomic mass is 9.85. The Morgan fingerprint density at radius 1 is 1.30 bits per heavy atom. The molecule has 2 rings (SSSR count). The topological polar surface area (TPSA) is 35.2 Å². The highest BCUT2D eigenvalue weighted by Gasteiger charge is 2.25. The summed E-state index contributed by atoms with van der Waals surface area (Å²) >= 11 is 0. The van der Waals surface area contributed by atoms with Crippen LogP contribution in [0.25, 0.3) is 0 Å². The fraction of sp³-hybridized carbons (Fsp3) is 0.667. The molecule has 0 radical (unpaired) electrons. The molecule has 0 aliphatic carbocycles. The van der Waals surface area contributed by atoms with E-state index >= 15 is 0 Å². The Morgan fingerprint density at radius 3 is 2.85 bits per heavy atom. The minimum atomic E-state index is 0.200. The van der Waals surface area contributed by atoms with Crippen LogP contribution in [-0.4, -0.2) is 12.6 Å². The molecule has 2 nitrogen and oxygen atoms in total. The third-order valence-corrected chi connectivity index (χ3v) is 4.64.